The van der Waals surface area contributed by atoms with Crippen molar-refractivity contribution in [3.63, 3.8) is 0 Å². The Labute approximate surface area is 149 Å². The molecule has 6 nitrogen and oxygen atoms in total. The number of hydrogen-bond donors (Lipinski definition) is 2. The normalized spacial score (nSPS) is 11.0. The van der Waals surface area contributed by atoms with Crippen molar-refractivity contribution >= 4 is 40.8 Å². The van der Waals surface area contributed by atoms with E-state index in [9.17, 15) is 9.59 Å². The van der Waals surface area contributed by atoms with E-state index in [0.29, 0.717) is 27.7 Å². The number of fused-ring (bicyclic) bond motifs is 1. The molecule has 2 N–H and O–H groups in total. The number of benzene rings is 1. The minimum absolute atomic E-state index is 0.181. The summed E-state index contributed by atoms with van der Waals surface area (Å²) in [7, 11) is 1.56. The fourth-order valence-electron chi connectivity index (χ4n) is 2.32. The second-order valence-corrected chi connectivity index (χ2v) is 5.55. The molecule has 0 bridgehead atoms. The average molecular weight is 355 g/mol. The molecule has 2 amide bonds. The minimum atomic E-state index is -0.311. The van der Waals surface area contributed by atoms with Crippen molar-refractivity contribution in [2.75, 3.05) is 12.4 Å². The number of imidazole rings is 1. The topological polar surface area (TPSA) is 75.5 Å². The fraction of sp³-hybridized carbons (Fsp3) is 0.0556. The second kappa shape index (κ2) is 7.19. The SMILES string of the molecule is CNC(=O)c1ccc(NC(=O)/C=C/c2c(Cl)nc3ccccn23)cc1. The molecule has 0 aliphatic carbocycles. The van der Waals surface area contributed by atoms with E-state index in [2.05, 4.69) is 15.6 Å². The number of halogens is 1. The number of aromatic nitrogens is 2. The van der Waals surface area contributed by atoms with Crippen LogP contribution in [0.25, 0.3) is 11.7 Å². The third-order valence-corrected chi connectivity index (χ3v) is 3.83. The van der Waals surface area contributed by atoms with Crippen LogP contribution in [0.3, 0.4) is 0 Å². The number of anilines is 1. The van der Waals surface area contributed by atoms with Crippen molar-refractivity contribution in [1.82, 2.24) is 14.7 Å². The van der Waals surface area contributed by atoms with Crippen molar-refractivity contribution in [3.05, 3.63) is 71.1 Å². The standard InChI is InChI=1S/C18H15ClN4O2/c1-20-18(25)12-5-7-13(8-6-12)21-16(24)10-9-14-17(19)22-15-4-2-3-11-23(14)15/h2-11H,1H3,(H,20,25)(H,21,24)/b10-9+. The highest BCUT2D eigenvalue weighted by molar-refractivity contribution is 6.31. The Morgan fingerprint density at radius 3 is 2.64 bits per heavy atom. The number of amides is 2. The predicted octanol–water partition coefficient (Wildman–Crippen LogP) is 3.00. The van der Waals surface area contributed by atoms with Gasteiger partial charge in [-0.25, -0.2) is 4.98 Å². The van der Waals surface area contributed by atoms with E-state index in [-0.39, 0.29) is 11.8 Å². The molecule has 3 aromatic rings. The summed E-state index contributed by atoms with van der Waals surface area (Å²) < 4.78 is 1.80. The molecule has 0 fully saturated rings. The van der Waals surface area contributed by atoms with Crippen molar-refractivity contribution in [2.24, 2.45) is 0 Å². The van der Waals surface area contributed by atoms with Gasteiger partial charge in [0.15, 0.2) is 5.15 Å². The summed E-state index contributed by atoms with van der Waals surface area (Å²) >= 11 is 6.12. The van der Waals surface area contributed by atoms with Gasteiger partial charge in [-0.3, -0.25) is 14.0 Å². The highest BCUT2D eigenvalue weighted by Gasteiger charge is 2.08. The summed E-state index contributed by atoms with van der Waals surface area (Å²) in [6.45, 7) is 0. The lowest BCUT2D eigenvalue weighted by Gasteiger charge is -2.04. The molecule has 3 rings (SSSR count). The van der Waals surface area contributed by atoms with Gasteiger partial charge >= 0.3 is 0 Å². The van der Waals surface area contributed by atoms with E-state index in [0.717, 1.165) is 0 Å². The Hall–Kier alpha value is -3.12. The Kier molecular flexibility index (Phi) is 4.81. The Balaban J connectivity index is 1.72. The van der Waals surface area contributed by atoms with Crippen molar-refractivity contribution in [3.8, 4) is 0 Å². The Morgan fingerprint density at radius 1 is 1.16 bits per heavy atom. The molecule has 7 heteroatoms. The molecule has 0 spiro atoms. The van der Waals surface area contributed by atoms with Crippen LogP contribution in [-0.4, -0.2) is 28.2 Å². The van der Waals surface area contributed by atoms with E-state index in [1.54, 1.807) is 41.8 Å². The molecular weight excluding hydrogens is 340 g/mol. The number of pyridine rings is 1. The molecule has 0 aliphatic rings. The van der Waals surface area contributed by atoms with Crippen LogP contribution in [-0.2, 0) is 4.79 Å². The first-order chi connectivity index (χ1) is 12.1. The molecule has 0 aliphatic heterocycles. The number of hydrogen-bond acceptors (Lipinski definition) is 3. The maximum Gasteiger partial charge on any atom is 0.251 e. The van der Waals surface area contributed by atoms with Crippen LogP contribution in [0, 0.1) is 0 Å². The minimum Gasteiger partial charge on any atom is -0.355 e. The molecule has 2 heterocycles. The Bertz CT molecular complexity index is 961. The summed E-state index contributed by atoms with van der Waals surface area (Å²) in [4.78, 5) is 27.8. The first-order valence-corrected chi connectivity index (χ1v) is 7.90. The van der Waals surface area contributed by atoms with Gasteiger partial charge in [0.05, 0.1) is 5.69 Å². The molecule has 0 saturated heterocycles. The zero-order valence-corrected chi connectivity index (χ0v) is 14.1. The highest BCUT2D eigenvalue weighted by atomic mass is 35.5. The molecular formula is C18H15ClN4O2. The lowest BCUT2D eigenvalue weighted by atomic mass is 10.2. The van der Waals surface area contributed by atoms with Gasteiger partial charge in [-0.15, -0.1) is 0 Å². The lowest BCUT2D eigenvalue weighted by molar-refractivity contribution is -0.111. The number of nitrogens with zero attached hydrogens (tertiary/aromatic N) is 2. The highest BCUT2D eigenvalue weighted by Crippen LogP contribution is 2.19. The molecule has 2 aromatic heterocycles. The Morgan fingerprint density at radius 2 is 1.92 bits per heavy atom. The zero-order chi connectivity index (χ0) is 17.8. The van der Waals surface area contributed by atoms with Gasteiger partial charge in [0.1, 0.15) is 5.65 Å². The predicted molar refractivity (Wildman–Crippen MR) is 97.7 cm³/mol. The number of nitrogens with one attached hydrogen (secondary N) is 2. The van der Waals surface area contributed by atoms with Gasteiger partial charge in [0.25, 0.3) is 5.91 Å². The molecule has 25 heavy (non-hydrogen) atoms. The van der Waals surface area contributed by atoms with Crippen LogP contribution in [0.1, 0.15) is 16.1 Å². The summed E-state index contributed by atoms with van der Waals surface area (Å²) in [5.74, 6) is -0.491. The van der Waals surface area contributed by atoms with Crippen molar-refractivity contribution < 1.29 is 9.59 Å². The fourth-order valence-corrected chi connectivity index (χ4v) is 2.56. The van der Waals surface area contributed by atoms with Crippen molar-refractivity contribution in [2.45, 2.75) is 0 Å². The molecule has 0 atom stereocenters. The van der Waals surface area contributed by atoms with Gasteiger partial charge in [0.2, 0.25) is 5.91 Å². The summed E-state index contributed by atoms with van der Waals surface area (Å²) in [6.07, 6.45) is 4.81. The van der Waals surface area contributed by atoms with E-state index >= 15 is 0 Å². The third-order valence-electron chi connectivity index (χ3n) is 3.56. The van der Waals surface area contributed by atoms with E-state index in [1.165, 1.54) is 6.08 Å². The van der Waals surface area contributed by atoms with Crippen LogP contribution < -0.4 is 10.6 Å². The molecule has 126 valence electrons. The lowest BCUT2D eigenvalue weighted by Crippen LogP contribution is -2.17. The maximum absolute atomic E-state index is 12.1. The molecule has 1 aromatic carbocycles. The van der Waals surface area contributed by atoms with Gasteiger partial charge < -0.3 is 10.6 Å². The van der Waals surface area contributed by atoms with Gasteiger partial charge in [-0.2, -0.15) is 0 Å². The van der Waals surface area contributed by atoms with E-state index in [4.69, 9.17) is 11.6 Å². The van der Waals surface area contributed by atoms with Crippen LogP contribution in [0.5, 0.6) is 0 Å². The quantitative estimate of drug-likeness (QED) is 0.707. The third kappa shape index (κ3) is 3.70. The van der Waals surface area contributed by atoms with E-state index in [1.807, 2.05) is 24.4 Å². The van der Waals surface area contributed by atoms with Crippen LogP contribution in [0.4, 0.5) is 5.69 Å². The van der Waals surface area contributed by atoms with E-state index < -0.39 is 0 Å². The average Bonchev–Trinajstić information content (AvgIpc) is 2.95. The van der Waals surface area contributed by atoms with Gasteiger partial charge in [0, 0.05) is 30.6 Å². The molecule has 0 unspecified atom stereocenters. The van der Waals surface area contributed by atoms with Crippen LogP contribution in [0.2, 0.25) is 5.15 Å². The molecule has 0 radical (unpaired) electrons. The summed E-state index contributed by atoms with van der Waals surface area (Å²) in [6, 6.07) is 12.2. The number of carbonyl (C=O) groups excluding carboxylic acids is 2. The zero-order valence-electron chi connectivity index (χ0n) is 13.4. The van der Waals surface area contributed by atoms with Gasteiger partial charge in [-0.1, -0.05) is 17.7 Å². The maximum atomic E-state index is 12.1. The largest absolute Gasteiger partial charge is 0.355 e. The summed E-state index contributed by atoms with van der Waals surface area (Å²) in [5, 5.41) is 5.59. The van der Waals surface area contributed by atoms with Crippen molar-refractivity contribution in [1.29, 1.82) is 0 Å². The van der Waals surface area contributed by atoms with Crippen LogP contribution in [0.15, 0.2) is 54.7 Å². The smallest absolute Gasteiger partial charge is 0.251 e. The van der Waals surface area contributed by atoms with Gasteiger partial charge in [-0.05, 0) is 42.5 Å². The first kappa shape index (κ1) is 16.7. The first-order valence-electron chi connectivity index (χ1n) is 7.52. The monoisotopic (exact) mass is 354 g/mol. The molecule has 0 saturated carbocycles. The second-order valence-electron chi connectivity index (χ2n) is 5.20. The number of carbonyl (C=O) groups is 2. The van der Waals surface area contributed by atoms with Crippen LogP contribution >= 0.6 is 11.6 Å². The summed E-state index contributed by atoms with van der Waals surface area (Å²) in [5.41, 5.74) is 2.44. The number of rotatable bonds is 4.